The predicted molar refractivity (Wildman–Crippen MR) is 248 cm³/mol. The number of ether oxygens (including phenoxy) is 3. The topological polar surface area (TPSA) is 129 Å². The predicted octanol–water partition coefficient (Wildman–Crippen LogP) is 10.1. The lowest BCUT2D eigenvalue weighted by Crippen LogP contribution is -2.43. The van der Waals surface area contributed by atoms with Crippen LogP contribution in [0.1, 0.15) is 75.3 Å². The average Bonchev–Trinajstić information content (AvgIpc) is 4.01. The molecule has 2 amide bonds. The van der Waals surface area contributed by atoms with E-state index >= 15 is 0 Å². The average molecular weight is 854 g/mol. The molecule has 0 spiro atoms. The largest absolute Gasteiger partial charge is 0.444 e. The lowest BCUT2D eigenvalue weighted by Gasteiger charge is -2.33. The molecule has 2 unspecified atom stereocenters. The smallest absolute Gasteiger partial charge is 0.412 e. The van der Waals surface area contributed by atoms with Crippen molar-refractivity contribution in [1.82, 2.24) is 34.6 Å². The minimum atomic E-state index is -0.478. The third-order valence-electron chi connectivity index (χ3n) is 11.2. The van der Waals surface area contributed by atoms with Crippen LogP contribution in [0.5, 0.6) is 0 Å². The van der Waals surface area contributed by atoms with Gasteiger partial charge in [0.1, 0.15) is 30.5 Å². The molecule has 2 atom stereocenters. The van der Waals surface area contributed by atoms with Crippen LogP contribution in [0.4, 0.5) is 4.79 Å². The number of hydrogen-bond donors (Lipinski definition) is 2. The first-order chi connectivity index (χ1) is 30.8. The number of imidazole rings is 2. The Morgan fingerprint density at radius 3 is 1.79 bits per heavy atom. The summed E-state index contributed by atoms with van der Waals surface area (Å²) in [5.74, 6) is 1.82. The van der Waals surface area contributed by atoms with Gasteiger partial charge >= 0.3 is 6.09 Å². The van der Waals surface area contributed by atoms with E-state index in [0.717, 1.165) is 83.1 Å². The third-order valence-corrected chi connectivity index (χ3v) is 11.2. The molecule has 0 bridgehead atoms. The number of nitrogens with one attached hydrogen (secondary N) is 2. The maximum Gasteiger partial charge on any atom is 0.412 e. The van der Waals surface area contributed by atoms with Gasteiger partial charge < -0.3 is 29.1 Å². The summed E-state index contributed by atoms with van der Waals surface area (Å²) in [5.41, 5.74) is 7.77. The summed E-state index contributed by atoms with van der Waals surface area (Å²) in [6.45, 7) is 8.93. The number of amides is 2. The van der Waals surface area contributed by atoms with Crippen molar-refractivity contribution in [3.63, 3.8) is 0 Å². The Bertz CT molecular complexity index is 2270. The molecule has 6 aromatic rings. The van der Waals surface area contributed by atoms with Gasteiger partial charge in [-0.05, 0) is 79.1 Å². The van der Waals surface area contributed by atoms with E-state index in [9.17, 15) is 9.59 Å². The number of hydrogen-bond acceptors (Lipinski definition) is 8. The molecule has 2 aromatic heterocycles. The number of H-pyrrole nitrogens is 2. The number of benzene rings is 4. The SMILES string of the molecule is CC.CCCN(Cc1ncc(-c2ccc(-c3ccc(-c4cnc(CN(C(=O)OCc5ccccc5)C(CC5CCOCC5)OC)[nH]4)cc3)cc2)[nH]1)C(=O)C(c1ccccc1)N(C)C. The zero-order valence-corrected chi connectivity index (χ0v) is 37.6. The van der Waals surface area contributed by atoms with Gasteiger partial charge in [0, 0.05) is 26.9 Å². The maximum atomic E-state index is 13.9. The molecule has 0 aliphatic carbocycles. The Kier molecular flexibility index (Phi) is 17.2. The fraction of sp³-hybridized carbons (Fsp3) is 0.373. The van der Waals surface area contributed by atoms with Gasteiger partial charge in [-0.2, -0.15) is 0 Å². The molecular formula is C51H63N7O5. The molecule has 1 aliphatic rings. The summed E-state index contributed by atoms with van der Waals surface area (Å²) in [5, 5.41) is 0. The minimum absolute atomic E-state index is 0.0551. The fourth-order valence-corrected chi connectivity index (χ4v) is 7.92. The molecule has 1 aliphatic heterocycles. The fourth-order valence-electron chi connectivity index (χ4n) is 7.92. The van der Waals surface area contributed by atoms with Crippen LogP contribution < -0.4 is 0 Å². The molecule has 63 heavy (non-hydrogen) atoms. The molecule has 2 N–H and O–H groups in total. The van der Waals surface area contributed by atoms with Gasteiger partial charge in [-0.15, -0.1) is 0 Å². The highest BCUT2D eigenvalue weighted by atomic mass is 16.6. The molecule has 12 heteroatoms. The number of carbonyl (C=O) groups is 2. The van der Waals surface area contributed by atoms with Gasteiger partial charge in [-0.3, -0.25) is 14.6 Å². The van der Waals surface area contributed by atoms with Crippen LogP contribution in [0.2, 0.25) is 0 Å². The lowest BCUT2D eigenvalue weighted by molar-refractivity contribution is -0.137. The van der Waals surface area contributed by atoms with E-state index in [1.165, 1.54) is 0 Å². The highest BCUT2D eigenvalue weighted by molar-refractivity contribution is 5.83. The Morgan fingerprint density at radius 2 is 1.27 bits per heavy atom. The molecule has 7 rings (SSSR count). The van der Waals surface area contributed by atoms with Crippen molar-refractivity contribution in [2.24, 2.45) is 5.92 Å². The van der Waals surface area contributed by atoms with Crippen LogP contribution in [0, 0.1) is 5.92 Å². The summed E-state index contributed by atoms with van der Waals surface area (Å²) in [4.78, 5) is 49.2. The summed E-state index contributed by atoms with van der Waals surface area (Å²) in [6.07, 6.45) is 6.10. The van der Waals surface area contributed by atoms with Crippen LogP contribution in [0.3, 0.4) is 0 Å². The molecule has 0 saturated carbocycles. The number of nitrogens with zero attached hydrogens (tertiary/aromatic N) is 5. The second-order valence-corrected chi connectivity index (χ2v) is 15.8. The number of likely N-dealkylation sites (N-methyl/N-ethyl adjacent to an activating group) is 1. The van der Waals surface area contributed by atoms with Gasteiger partial charge in [0.15, 0.2) is 0 Å². The van der Waals surface area contributed by atoms with Crippen molar-refractivity contribution >= 4 is 12.0 Å². The first-order valence-electron chi connectivity index (χ1n) is 22.2. The molecule has 4 aromatic carbocycles. The lowest BCUT2D eigenvalue weighted by atomic mass is 9.95. The van der Waals surface area contributed by atoms with Crippen LogP contribution in [-0.4, -0.2) is 93.8 Å². The zero-order valence-electron chi connectivity index (χ0n) is 37.6. The second-order valence-electron chi connectivity index (χ2n) is 15.8. The number of carbonyl (C=O) groups excluding carboxylic acids is 2. The van der Waals surface area contributed by atoms with E-state index < -0.39 is 12.3 Å². The van der Waals surface area contributed by atoms with Gasteiger partial charge in [0.25, 0.3) is 0 Å². The molecule has 3 heterocycles. The summed E-state index contributed by atoms with van der Waals surface area (Å²) < 4.78 is 17.3. The number of aromatic nitrogens is 4. The van der Waals surface area contributed by atoms with Crippen molar-refractivity contribution in [2.45, 2.75) is 78.4 Å². The highest BCUT2D eigenvalue weighted by Gasteiger charge is 2.30. The summed E-state index contributed by atoms with van der Waals surface area (Å²) in [6, 6.07) is 35.9. The molecule has 0 radical (unpaired) electrons. The molecular weight excluding hydrogens is 791 g/mol. The molecule has 1 fully saturated rings. The standard InChI is InChI=1S/C49H57N7O5.C2H6/c1-5-26-55(48(57)47(54(2)3)41-14-10-7-11-15-41)32-44-50-30-42(52-44)39-20-16-37(17-21-39)38-18-22-40(23-19-38)43-31-51-45(53-43)33-56(46(59-4)29-35-24-27-60-28-25-35)49(58)61-34-36-12-8-6-9-13-36;1-2/h6-23,30-31,35,46-47H,5,24-29,32-34H2,1-4H3,(H,50,52)(H,51,53);1-2H3. The molecule has 1 saturated heterocycles. The van der Waals surface area contributed by atoms with Crippen molar-refractivity contribution in [3.05, 3.63) is 144 Å². The summed E-state index contributed by atoms with van der Waals surface area (Å²) in [7, 11) is 5.52. The first kappa shape index (κ1) is 46.4. The van der Waals surface area contributed by atoms with Crippen LogP contribution in [-0.2, 0) is 38.7 Å². The van der Waals surface area contributed by atoms with E-state index in [-0.39, 0.29) is 25.1 Å². The second kappa shape index (κ2) is 23.4. The van der Waals surface area contributed by atoms with E-state index in [4.69, 9.17) is 14.2 Å². The van der Waals surface area contributed by atoms with Crippen molar-refractivity contribution in [2.75, 3.05) is 41.0 Å². The van der Waals surface area contributed by atoms with Gasteiger partial charge in [-0.25, -0.2) is 14.8 Å². The highest BCUT2D eigenvalue weighted by Crippen LogP contribution is 2.29. The van der Waals surface area contributed by atoms with E-state index in [1.807, 2.05) is 105 Å². The molecule has 12 nitrogen and oxygen atoms in total. The Labute approximate surface area is 372 Å². The first-order valence-corrected chi connectivity index (χ1v) is 22.2. The van der Waals surface area contributed by atoms with Crippen molar-refractivity contribution in [1.29, 1.82) is 0 Å². The van der Waals surface area contributed by atoms with Crippen LogP contribution in [0.25, 0.3) is 33.6 Å². The van der Waals surface area contributed by atoms with E-state index in [0.29, 0.717) is 31.3 Å². The normalized spacial score (nSPS) is 13.8. The zero-order chi connectivity index (χ0) is 44.6. The van der Waals surface area contributed by atoms with Crippen LogP contribution in [0.15, 0.2) is 122 Å². The van der Waals surface area contributed by atoms with E-state index in [2.05, 4.69) is 75.4 Å². The van der Waals surface area contributed by atoms with Gasteiger partial charge in [0.05, 0.1) is 36.9 Å². The van der Waals surface area contributed by atoms with Crippen molar-refractivity contribution in [3.8, 4) is 33.6 Å². The Hall–Kier alpha value is -6.08. The van der Waals surface area contributed by atoms with Gasteiger partial charge in [0.2, 0.25) is 5.91 Å². The van der Waals surface area contributed by atoms with E-state index in [1.54, 1.807) is 18.2 Å². The Morgan fingerprint density at radius 1 is 0.746 bits per heavy atom. The quantitative estimate of drug-likeness (QED) is 0.0818. The number of methoxy groups -OCH3 is 1. The summed E-state index contributed by atoms with van der Waals surface area (Å²) >= 11 is 0. The van der Waals surface area contributed by atoms with Crippen molar-refractivity contribution < 1.29 is 23.8 Å². The van der Waals surface area contributed by atoms with Crippen LogP contribution >= 0.6 is 0 Å². The maximum absolute atomic E-state index is 13.9. The minimum Gasteiger partial charge on any atom is -0.444 e. The van der Waals surface area contributed by atoms with Gasteiger partial charge in [-0.1, -0.05) is 130 Å². The molecule has 332 valence electrons. The number of aromatic amines is 2. The third kappa shape index (κ3) is 12.5. The number of rotatable bonds is 18. The monoisotopic (exact) mass is 853 g/mol. The Balaban J connectivity index is 0.00000326.